The molecule has 31 heavy (non-hydrogen) atoms. The van der Waals surface area contributed by atoms with Crippen molar-refractivity contribution in [3.8, 4) is 0 Å². The molecule has 0 spiro atoms. The van der Waals surface area contributed by atoms with Gasteiger partial charge in [0.2, 0.25) is 17.7 Å². The smallest absolute Gasteiger partial charge is 0.326 e. The number of primary amides is 1. The second-order valence-electron chi connectivity index (χ2n) is 7.69. The number of urea groups is 1. The number of benzene rings is 1. The largest absolute Gasteiger partial charge is 0.480 e. The molecule has 0 saturated carbocycles. The van der Waals surface area contributed by atoms with Gasteiger partial charge in [-0.3, -0.25) is 19.3 Å². The Morgan fingerprint density at radius 3 is 2.45 bits per heavy atom. The molecule has 0 radical (unpaired) electrons. The van der Waals surface area contributed by atoms with Crippen LogP contribution in [0.25, 0.3) is 0 Å². The van der Waals surface area contributed by atoms with Gasteiger partial charge in [-0.2, -0.15) is 0 Å². The fraction of sp³-hybridized carbons (Fsp3) is 0.450. The van der Waals surface area contributed by atoms with Crippen LogP contribution in [0.5, 0.6) is 0 Å². The van der Waals surface area contributed by atoms with E-state index in [1.165, 1.54) is 4.90 Å². The molecule has 0 aromatic heterocycles. The average Bonchev–Trinajstić information content (AvgIpc) is 2.68. The van der Waals surface area contributed by atoms with E-state index in [0.29, 0.717) is 11.4 Å². The monoisotopic (exact) mass is 433 g/mol. The van der Waals surface area contributed by atoms with Gasteiger partial charge in [0.25, 0.3) is 0 Å². The van der Waals surface area contributed by atoms with Crippen molar-refractivity contribution in [1.29, 1.82) is 0 Å². The highest BCUT2D eigenvalue weighted by atomic mass is 16.4. The Balaban J connectivity index is 2.16. The second kappa shape index (κ2) is 10.4. The van der Waals surface area contributed by atoms with Crippen molar-refractivity contribution in [2.24, 2.45) is 11.7 Å². The summed E-state index contributed by atoms with van der Waals surface area (Å²) < 4.78 is 0. The minimum Gasteiger partial charge on any atom is -0.480 e. The van der Waals surface area contributed by atoms with Crippen LogP contribution in [0.4, 0.5) is 16.2 Å². The second-order valence-corrected chi connectivity index (χ2v) is 7.69. The molecule has 5 amide bonds. The predicted molar refractivity (Wildman–Crippen MR) is 112 cm³/mol. The Kier molecular flexibility index (Phi) is 7.94. The van der Waals surface area contributed by atoms with Gasteiger partial charge in [0.1, 0.15) is 18.6 Å². The van der Waals surface area contributed by atoms with Crippen molar-refractivity contribution >= 4 is 41.1 Å². The molecule has 0 bridgehead atoms. The summed E-state index contributed by atoms with van der Waals surface area (Å²) >= 11 is 0. The van der Waals surface area contributed by atoms with E-state index < -0.39 is 35.9 Å². The highest BCUT2D eigenvalue weighted by Crippen LogP contribution is 2.28. The first kappa shape index (κ1) is 23.6. The Bertz CT molecular complexity index is 871. The Morgan fingerprint density at radius 1 is 1.16 bits per heavy atom. The van der Waals surface area contributed by atoms with Crippen LogP contribution in [0, 0.1) is 5.92 Å². The van der Waals surface area contributed by atoms with Crippen LogP contribution in [0.1, 0.15) is 33.1 Å². The highest BCUT2D eigenvalue weighted by molar-refractivity contribution is 6.10. The fourth-order valence-electron chi connectivity index (χ4n) is 3.16. The maximum absolute atomic E-state index is 12.9. The van der Waals surface area contributed by atoms with E-state index in [-0.39, 0.29) is 37.6 Å². The maximum Gasteiger partial charge on any atom is 0.326 e. The molecule has 11 nitrogen and oxygen atoms in total. The Labute approximate surface area is 179 Å². The summed E-state index contributed by atoms with van der Waals surface area (Å²) in [6.45, 7) is 3.46. The van der Waals surface area contributed by atoms with Gasteiger partial charge in [-0.15, -0.1) is 0 Å². The van der Waals surface area contributed by atoms with Crippen molar-refractivity contribution in [3.63, 3.8) is 0 Å². The Morgan fingerprint density at radius 2 is 1.84 bits per heavy atom. The molecule has 0 unspecified atom stereocenters. The van der Waals surface area contributed by atoms with E-state index in [2.05, 4.69) is 16.0 Å². The van der Waals surface area contributed by atoms with Crippen LogP contribution >= 0.6 is 0 Å². The topological polar surface area (TPSA) is 171 Å². The van der Waals surface area contributed by atoms with Crippen molar-refractivity contribution in [2.75, 3.05) is 16.8 Å². The normalized spacial score (nSPS) is 14.8. The van der Waals surface area contributed by atoms with Gasteiger partial charge < -0.3 is 26.8 Å². The first-order valence-corrected chi connectivity index (χ1v) is 9.86. The van der Waals surface area contributed by atoms with Crippen molar-refractivity contribution in [1.82, 2.24) is 10.6 Å². The van der Waals surface area contributed by atoms with Crippen molar-refractivity contribution in [2.45, 2.75) is 45.2 Å². The number of carbonyl (C=O) groups is 5. The van der Waals surface area contributed by atoms with E-state index in [0.717, 1.165) is 0 Å². The summed E-state index contributed by atoms with van der Waals surface area (Å²) in [5.41, 5.74) is 6.00. The molecule has 2 rings (SSSR count). The predicted octanol–water partition coefficient (Wildman–Crippen LogP) is 0.404. The summed E-state index contributed by atoms with van der Waals surface area (Å²) in [6, 6.07) is 3.72. The van der Waals surface area contributed by atoms with Gasteiger partial charge in [0.15, 0.2) is 0 Å². The summed E-state index contributed by atoms with van der Waals surface area (Å²) in [6.07, 6.45) is -0.141. The minimum atomic E-state index is -1.33. The molecule has 0 aliphatic carbocycles. The third kappa shape index (κ3) is 6.69. The number of nitrogens with one attached hydrogen (secondary N) is 3. The number of nitrogens with zero attached hydrogens (tertiary/aromatic N) is 1. The standard InChI is InChI=1S/C20H27N5O6/c1-11(2)9-14(18(28)23-13(19(29)30)7-8-16(21)26)24-20(31)25-10-17(27)22-12-5-3-4-6-15(12)25/h3-6,11,13-14H,7-10H2,1-2H3,(H2,21,26)(H,22,27)(H,23,28)(H,24,31)(H,29,30)/t13-,14-/m0/s1. The van der Waals surface area contributed by atoms with Crippen LogP contribution < -0.4 is 26.6 Å². The first-order chi connectivity index (χ1) is 14.6. The molecule has 1 aliphatic heterocycles. The molecule has 1 aromatic carbocycles. The summed E-state index contributed by atoms with van der Waals surface area (Å²) in [5, 5.41) is 16.9. The number of carbonyl (C=O) groups excluding carboxylic acids is 4. The van der Waals surface area contributed by atoms with E-state index in [1.54, 1.807) is 24.3 Å². The number of rotatable bonds is 9. The molecule has 1 aliphatic rings. The van der Waals surface area contributed by atoms with Gasteiger partial charge in [-0.25, -0.2) is 9.59 Å². The fourth-order valence-corrected chi connectivity index (χ4v) is 3.16. The summed E-state index contributed by atoms with van der Waals surface area (Å²) in [7, 11) is 0. The molecule has 0 fully saturated rings. The lowest BCUT2D eigenvalue weighted by atomic mass is 10.0. The van der Waals surface area contributed by atoms with Gasteiger partial charge >= 0.3 is 12.0 Å². The summed E-state index contributed by atoms with van der Waals surface area (Å²) in [4.78, 5) is 61.3. The summed E-state index contributed by atoms with van der Waals surface area (Å²) in [5.74, 6) is -3.08. The van der Waals surface area contributed by atoms with E-state index >= 15 is 0 Å². The lowest BCUT2D eigenvalue weighted by Crippen LogP contribution is -2.56. The average molecular weight is 433 g/mol. The maximum atomic E-state index is 12.9. The number of amides is 5. The van der Waals surface area contributed by atoms with Gasteiger partial charge in [-0.05, 0) is 30.9 Å². The zero-order valence-corrected chi connectivity index (χ0v) is 17.4. The molecule has 6 N–H and O–H groups in total. The molecule has 168 valence electrons. The van der Waals surface area contributed by atoms with Crippen molar-refractivity contribution in [3.05, 3.63) is 24.3 Å². The van der Waals surface area contributed by atoms with Crippen LogP contribution in [0.3, 0.4) is 0 Å². The molecule has 11 heteroatoms. The number of carboxylic acids is 1. The highest BCUT2D eigenvalue weighted by Gasteiger charge is 2.31. The minimum absolute atomic E-state index is 0.00175. The van der Waals surface area contributed by atoms with Crippen LogP contribution in [-0.4, -0.2) is 53.5 Å². The van der Waals surface area contributed by atoms with Gasteiger partial charge in [0, 0.05) is 6.42 Å². The number of nitrogens with two attached hydrogens (primary N) is 1. The SMILES string of the molecule is CC(C)C[C@H](NC(=O)N1CC(=O)Nc2ccccc21)C(=O)N[C@@H](CCC(N)=O)C(=O)O. The molecule has 2 atom stereocenters. The molecule has 0 saturated heterocycles. The number of fused-ring (bicyclic) bond motifs is 1. The Hall–Kier alpha value is -3.63. The molecule has 1 heterocycles. The van der Waals surface area contributed by atoms with Crippen molar-refractivity contribution < 1.29 is 29.1 Å². The number of aliphatic carboxylic acids is 1. The molecular formula is C20H27N5O6. The van der Waals surface area contributed by atoms with Crippen LogP contribution in [0.2, 0.25) is 0 Å². The number of hydrogen-bond acceptors (Lipinski definition) is 5. The third-order valence-corrected chi connectivity index (χ3v) is 4.63. The van der Waals surface area contributed by atoms with E-state index in [4.69, 9.17) is 5.73 Å². The lowest BCUT2D eigenvalue weighted by molar-refractivity contribution is -0.142. The number of hydrogen-bond donors (Lipinski definition) is 5. The first-order valence-electron chi connectivity index (χ1n) is 9.86. The lowest BCUT2D eigenvalue weighted by Gasteiger charge is -2.31. The van der Waals surface area contributed by atoms with Gasteiger partial charge in [-0.1, -0.05) is 26.0 Å². The quantitative estimate of drug-likeness (QED) is 0.377. The zero-order chi connectivity index (χ0) is 23.1. The third-order valence-electron chi connectivity index (χ3n) is 4.63. The zero-order valence-electron chi connectivity index (χ0n) is 17.4. The van der Waals surface area contributed by atoms with Gasteiger partial charge in [0.05, 0.1) is 11.4 Å². The van der Waals surface area contributed by atoms with E-state index in [1.807, 2.05) is 13.8 Å². The number of para-hydroxylation sites is 2. The number of carboxylic acid groups (broad SMARTS) is 1. The molecular weight excluding hydrogens is 406 g/mol. The van der Waals surface area contributed by atoms with E-state index in [9.17, 15) is 29.1 Å². The van der Waals surface area contributed by atoms with Crippen LogP contribution in [0.15, 0.2) is 24.3 Å². The number of anilines is 2. The van der Waals surface area contributed by atoms with Crippen LogP contribution in [-0.2, 0) is 19.2 Å². The molecule has 1 aromatic rings.